The third kappa shape index (κ3) is 6.23. The quantitative estimate of drug-likeness (QED) is 0.260. The van der Waals surface area contributed by atoms with Crippen molar-refractivity contribution in [1.29, 1.82) is 0 Å². The van der Waals surface area contributed by atoms with E-state index in [4.69, 9.17) is 0 Å². The molecule has 9 nitrogen and oxygen atoms in total. The lowest BCUT2D eigenvalue weighted by Gasteiger charge is -2.25. The number of hydrogen-bond acceptors (Lipinski definition) is 7. The van der Waals surface area contributed by atoms with Gasteiger partial charge in [0.1, 0.15) is 11.6 Å². The monoisotopic (exact) mass is 647 g/mol. The van der Waals surface area contributed by atoms with Gasteiger partial charge in [-0.15, -0.1) is 0 Å². The number of halogens is 3. The smallest absolute Gasteiger partial charge is 0.357 e. The molecule has 0 fully saturated rings. The molecule has 4 heterocycles. The maximum absolute atomic E-state index is 14.0. The molecule has 4 aromatic rings. The standard InChI is InChI=1S/C33H28F3N5O4S/c34-33(35,36)26-17-18-27-37-30(26)23-12-4-3-11-22(23)10-2-1-7-19-40(28-15-8-16-29(38-28)46(44,45)39-27)20-9-21-41-31(42)24-13-5-6-14-25(24)32(41)43/h2-6,8,10-18H,1,7,9,19-21H2,(H,37,39)/b10-2+. The number of aromatic nitrogens is 2. The molecule has 6 rings (SSSR count). The molecule has 2 amide bonds. The first-order valence-electron chi connectivity index (χ1n) is 14.6. The molecule has 2 aromatic heterocycles. The van der Waals surface area contributed by atoms with Gasteiger partial charge in [0.15, 0.2) is 5.03 Å². The number of benzene rings is 2. The van der Waals surface area contributed by atoms with E-state index < -0.39 is 27.5 Å². The van der Waals surface area contributed by atoms with Crippen molar-refractivity contribution in [3.63, 3.8) is 0 Å². The molecule has 2 aliphatic heterocycles. The molecule has 13 heteroatoms. The number of fused-ring (bicyclic) bond motifs is 7. The Kier molecular flexibility index (Phi) is 8.34. The molecule has 0 radical (unpaired) electrons. The first-order chi connectivity index (χ1) is 22.0. The Morgan fingerprint density at radius 2 is 1.50 bits per heavy atom. The molecule has 2 aliphatic rings. The summed E-state index contributed by atoms with van der Waals surface area (Å²) in [5.41, 5.74) is 0.0482. The topological polar surface area (TPSA) is 113 Å². The Bertz CT molecular complexity index is 1930. The van der Waals surface area contributed by atoms with Gasteiger partial charge in [-0.2, -0.15) is 21.6 Å². The van der Waals surface area contributed by atoms with E-state index in [1.54, 1.807) is 54.6 Å². The fourth-order valence-corrected chi connectivity index (χ4v) is 6.51. The largest absolute Gasteiger partial charge is 0.418 e. The van der Waals surface area contributed by atoms with Crippen LogP contribution >= 0.6 is 0 Å². The van der Waals surface area contributed by atoms with E-state index in [0.29, 0.717) is 54.9 Å². The lowest BCUT2D eigenvalue weighted by atomic mass is 9.99. The molecule has 1 N–H and O–H groups in total. The number of nitrogens with zero attached hydrogens (tertiary/aromatic N) is 4. The van der Waals surface area contributed by atoms with Gasteiger partial charge in [-0.25, -0.2) is 9.97 Å². The summed E-state index contributed by atoms with van der Waals surface area (Å²) < 4.78 is 71.2. The van der Waals surface area contributed by atoms with Crippen LogP contribution in [0.2, 0.25) is 0 Å². The molecular weight excluding hydrogens is 619 g/mol. The fraction of sp³-hybridized carbons (Fsp3) is 0.212. The van der Waals surface area contributed by atoms with Gasteiger partial charge in [-0.3, -0.25) is 19.2 Å². The number of pyridine rings is 2. The summed E-state index contributed by atoms with van der Waals surface area (Å²) in [6.45, 7) is 0.992. The Labute approximate surface area is 263 Å². The van der Waals surface area contributed by atoms with Crippen molar-refractivity contribution in [2.45, 2.75) is 30.5 Å². The third-order valence-electron chi connectivity index (χ3n) is 7.75. The fourth-order valence-electron chi connectivity index (χ4n) is 5.54. The minimum Gasteiger partial charge on any atom is -0.357 e. The van der Waals surface area contributed by atoms with Crippen molar-refractivity contribution < 1.29 is 31.2 Å². The van der Waals surface area contributed by atoms with Crippen LogP contribution < -0.4 is 9.62 Å². The number of rotatable bonds is 4. The molecule has 236 valence electrons. The molecule has 0 saturated carbocycles. The van der Waals surface area contributed by atoms with Crippen LogP contribution in [0.15, 0.2) is 90.0 Å². The van der Waals surface area contributed by atoms with Gasteiger partial charge in [0.05, 0.1) is 22.4 Å². The van der Waals surface area contributed by atoms with Gasteiger partial charge in [0, 0.05) is 25.2 Å². The van der Waals surface area contributed by atoms with Crippen LogP contribution in [0.1, 0.15) is 51.1 Å². The van der Waals surface area contributed by atoms with Crippen LogP contribution in [0.25, 0.3) is 17.3 Å². The highest BCUT2D eigenvalue weighted by atomic mass is 32.2. The average Bonchev–Trinajstić information content (AvgIpc) is 3.27. The van der Waals surface area contributed by atoms with E-state index in [1.165, 1.54) is 23.1 Å². The molecule has 0 aliphatic carbocycles. The summed E-state index contributed by atoms with van der Waals surface area (Å²) in [6, 6.07) is 19.4. The van der Waals surface area contributed by atoms with Crippen molar-refractivity contribution in [1.82, 2.24) is 14.9 Å². The van der Waals surface area contributed by atoms with E-state index in [1.807, 2.05) is 11.0 Å². The molecule has 0 spiro atoms. The van der Waals surface area contributed by atoms with Crippen molar-refractivity contribution in [2.24, 2.45) is 0 Å². The second-order valence-corrected chi connectivity index (χ2v) is 12.4. The maximum atomic E-state index is 14.0. The van der Waals surface area contributed by atoms with Crippen LogP contribution in [-0.2, 0) is 16.2 Å². The molecule has 0 saturated heterocycles. The van der Waals surface area contributed by atoms with Crippen LogP contribution in [0.4, 0.5) is 24.8 Å². The highest BCUT2D eigenvalue weighted by molar-refractivity contribution is 7.92. The average molecular weight is 648 g/mol. The van der Waals surface area contributed by atoms with E-state index in [0.717, 1.165) is 12.1 Å². The molecule has 2 aromatic carbocycles. The molecular formula is C33H28F3N5O4S. The second kappa shape index (κ2) is 12.4. The summed E-state index contributed by atoms with van der Waals surface area (Å²) in [6.07, 6.45) is 0.434. The van der Waals surface area contributed by atoms with Gasteiger partial charge in [-0.1, -0.05) is 54.6 Å². The predicted octanol–water partition coefficient (Wildman–Crippen LogP) is 6.26. The summed E-state index contributed by atoms with van der Waals surface area (Å²) in [5, 5.41) is -0.342. The summed E-state index contributed by atoms with van der Waals surface area (Å²) >= 11 is 0. The lowest BCUT2D eigenvalue weighted by molar-refractivity contribution is -0.137. The van der Waals surface area contributed by atoms with Gasteiger partial charge >= 0.3 is 6.18 Å². The number of anilines is 2. The zero-order chi connectivity index (χ0) is 32.5. The number of alkyl halides is 3. The number of hydrogen-bond donors (Lipinski definition) is 1. The zero-order valence-electron chi connectivity index (χ0n) is 24.4. The zero-order valence-corrected chi connectivity index (χ0v) is 25.2. The number of amides is 2. The summed E-state index contributed by atoms with van der Waals surface area (Å²) in [7, 11) is -4.36. The molecule has 4 bridgehead atoms. The van der Waals surface area contributed by atoms with Crippen LogP contribution in [-0.4, -0.2) is 54.7 Å². The Balaban J connectivity index is 1.31. The first-order valence-corrected chi connectivity index (χ1v) is 16.1. The van der Waals surface area contributed by atoms with Crippen molar-refractivity contribution in [2.75, 3.05) is 29.3 Å². The molecule has 0 atom stereocenters. The van der Waals surface area contributed by atoms with Gasteiger partial charge in [0.25, 0.3) is 21.8 Å². The van der Waals surface area contributed by atoms with E-state index in [-0.39, 0.29) is 34.8 Å². The number of carbonyl (C=O) groups excluding carboxylic acids is 2. The summed E-state index contributed by atoms with van der Waals surface area (Å²) in [4.78, 5) is 37.3. The van der Waals surface area contributed by atoms with E-state index >= 15 is 0 Å². The van der Waals surface area contributed by atoms with Gasteiger partial charge in [0.2, 0.25) is 0 Å². The Morgan fingerprint density at radius 1 is 0.804 bits per heavy atom. The number of sulfonamides is 1. The summed E-state index contributed by atoms with van der Waals surface area (Å²) in [5.74, 6) is -0.640. The molecule has 0 unspecified atom stereocenters. The van der Waals surface area contributed by atoms with E-state index in [2.05, 4.69) is 14.7 Å². The normalized spacial score (nSPS) is 16.8. The van der Waals surface area contributed by atoms with Gasteiger partial charge < -0.3 is 4.90 Å². The lowest BCUT2D eigenvalue weighted by Crippen LogP contribution is -2.34. The minimum atomic E-state index is -4.73. The number of allylic oxidation sites excluding steroid dienone is 1. The highest BCUT2D eigenvalue weighted by Gasteiger charge is 2.36. The SMILES string of the molecule is O=C1c2ccccc2C(=O)N1CCCN1CCC/C=C/c2ccccc2-c2nc(ccc2C(F)(F)F)NS(=O)(=O)c2cccc1n2. The van der Waals surface area contributed by atoms with Crippen LogP contribution in [0.5, 0.6) is 0 Å². The Hall–Kier alpha value is -5.04. The third-order valence-corrected chi connectivity index (χ3v) is 9.00. The highest BCUT2D eigenvalue weighted by Crippen LogP contribution is 2.38. The number of imide groups is 1. The van der Waals surface area contributed by atoms with E-state index in [9.17, 15) is 31.2 Å². The number of carbonyl (C=O) groups is 2. The first kappa shape index (κ1) is 31.0. The number of nitrogens with one attached hydrogen (secondary N) is 1. The predicted molar refractivity (Wildman–Crippen MR) is 167 cm³/mol. The maximum Gasteiger partial charge on any atom is 0.418 e. The van der Waals surface area contributed by atoms with Crippen molar-refractivity contribution in [3.8, 4) is 11.3 Å². The van der Waals surface area contributed by atoms with Crippen LogP contribution in [0, 0.1) is 0 Å². The minimum absolute atomic E-state index is 0.168. The van der Waals surface area contributed by atoms with Crippen molar-refractivity contribution in [3.05, 3.63) is 107 Å². The van der Waals surface area contributed by atoms with Crippen LogP contribution in [0.3, 0.4) is 0 Å². The van der Waals surface area contributed by atoms with Gasteiger partial charge in [-0.05, 0) is 61.2 Å². The van der Waals surface area contributed by atoms with Crippen molar-refractivity contribution >= 4 is 39.5 Å². The second-order valence-electron chi connectivity index (χ2n) is 10.8. The Morgan fingerprint density at radius 3 is 2.22 bits per heavy atom. The molecule has 46 heavy (non-hydrogen) atoms.